The number of likely N-dealkylation sites (N-methyl/N-ethyl adjacent to an activating group) is 1. The molecule has 1 aromatic carbocycles. The summed E-state index contributed by atoms with van der Waals surface area (Å²) in [6, 6.07) is 7.81. The van der Waals surface area contributed by atoms with E-state index in [1.54, 1.807) is 0 Å². The Morgan fingerprint density at radius 1 is 1.25 bits per heavy atom. The number of rotatable bonds is 11. The largest absolute Gasteiger partial charge is 0.453 e. The molecule has 10 heteroatoms. The molecule has 0 saturated carbocycles. The van der Waals surface area contributed by atoms with Gasteiger partial charge in [0.25, 0.3) is 0 Å². The molecular weight excluding hydrogens is 484 g/mol. The first-order chi connectivity index (χ1) is 17.5. The number of ether oxygens (including phenoxy) is 3. The number of amides is 3. The van der Waals surface area contributed by atoms with E-state index in [0.29, 0.717) is 37.2 Å². The summed E-state index contributed by atoms with van der Waals surface area (Å²) >= 11 is 6.27. The lowest BCUT2D eigenvalue weighted by Gasteiger charge is -2.37. The number of hydrogen-bond donors (Lipinski definition) is 3. The van der Waals surface area contributed by atoms with Crippen molar-refractivity contribution in [3.8, 4) is 0 Å². The highest BCUT2D eigenvalue weighted by Crippen LogP contribution is 2.34. The Morgan fingerprint density at radius 3 is 2.83 bits per heavy atom. The number of benzene rings is 1. The summed E-state index contributed by atoms with van der Waals surface area (Å²) in [5.41, 5.74) is 0.970. The summed E-state index contributed by atoms with van der Waals surface area (Å²) in [7, 11) is 3.27. The van der Waals surface area contributed by atoms with E-state index in [1.165, 1.54) is 13.5 Å². The molecule has 0 unspecified atom stereocenters. The fourth-order valence-electron chi connectivity index (χ4n) is 5.06. The number of methoxy groups -OCH3 is 1. The molecule has 3 rings (SSSR count). The van der Waals surface area contributed by atoms with Crippen LogP contribution >= 0.6 is 11.6 Å². The van der Waals surface area contributed by atoms with Crippen molar-refractivity contribution in [3.05, 3.63) is 34.9 Å². The molecule has 0 aliphatic carbocycles. The third-order valence-corrected chi connectivity index (χ3v) is 7.22. The smallest absolute Gasteiger partial charge is 0.406 e. The molecule has 2 heterocycles. The van der Waals surface area contributed by atoms with Gasteiger partial charge in [-0.15, -0.1) is 0 Å². The van der Waals surface area contributed by atoms with Gasteiger partial charge < -0.3 is 35.1 Å². The van der Waals surface area contributed by atoms with Crippen molar-refractivity contribution in [1.29, 1.82) is 0 Å². The quantitative estimate of drug-likeness (QED) is 0.382. The highest BCUT2D eigenvalue weighted by atomic mass is 35.5. The van der Waals surface area contributed by atoms with E-state index in [1.807, 2.05) is 36.2 Å². The number of carbonyl (C=O) groups is 2. The molecule has 1 aromatic rings. The SMILES string of the molecule is CN[C@H](CNC(=O)N1CCC[C@H]([C@@H](OCCNC(=O)OC)c2cccc(Cl)c2)C1)C[C@H]1CCCOC1. The van der Waals surface area contributed by atoms with Crippen LogP contribution in [0.25, 0.3) is 0 Å². The van der Waals surface area contributed by atoms with Gasteiger partial charge in [0.05, 0.1) is 19.8 Å². The van der Waals surface area contributed by atoms with E-state index < -0.39 is 6.09 Å². The average molecular weight is 525 g/mol. The Morgan fingerprint density at radius 2 is 2.11 bits per heavy atom. The van der Waals surface area contributed by atoms with Crippen molar-refractivity contribution in [2.75, 3.05) is 60.2 Å². The number of nitrogens with one attached hydrogen (secondary N) is 3. The second-order valence-electron chi connectivity index (χ2n) is 9.60. The minimum atomic E-state index is -0.491. The Kier molecular flexibility index (Phi) is 12.1. The van der Waals surface area contributed by atoms with Gasteiger partial charge in [-0.1, -0.05) is 23.7 Å². The van der Waals surface area contributed by atoms with Crippen LogP contribution in [0.5, 0.6) is 0 Å². The minimum Gasteiger partial charge on any atom is -0.453 e. The maximum atomic E-state index is 13.1. The van der Waals surface area contributed by atoms with Crippen LogP contribution in [0.2, 0.25) is 5.02 Å². The number of alkyl carbamates (subject to hydrolysis) is 1. The third-order valence-electron chi connectivity index (χ3n) is 6.99. The van der Waals surface area contributed by atoms with Gasteiger partial charge in [0, 0.05) is 56.4 Å². The number of hydrogen-bond acceptors (Lipinski definition) is 6. The Labute approximate surface area is 219 Å². The second kappa shape index (κ2) is 15.2. The topological polar surface area (TPSA) is 101 Å². The zero-order chi connectivity index (χ0) is 25.8. The standard InChI is InChI=1S/C26H41ClN4O5/c1-28-23(14-19-6-5-12-35-18-19)16-30-25(32)31-11-4-8-21(17-31)24(20-7-3-9-22(27)15-20)36-13-10-29-26(33)34-2/h3,7,9,15,19,21,23-24,28H,4-6,8,10-14,16-18H2,1-2H3,(H,29,33)(H,30,32)/t19-,21+,23+,24+/m1/s1. The molecule has 36 heavy (non-hydrogen) atoms. The molecule has 3 N–H and O–H groups in total. The fourth-order valence-corrected chi connectivity index (χ4v) is 5.26. The van der Waals surface area contributed by atoms with Gasteiger partial charge >= 0.3 is 12.1 Å². The van der Waals surface area contributed by atoms with Crippen LogP contribution in [0.1, 0.15) is 43.8 Å². The summed E-state index contributed by atoms with van der Waals surface area (Å²) in [5.74, 6) is 0.650. The first kappa shape index (κ1) is 28.5. The summed E-state index contributed by atoms with van der Waals surface area (Å²) in [6.45, 7) is 4.21. The number of piperidine rings is 1. The molecule has 0 spiro atoms. The zero-order valence-electron chi connectivity index (χ0n) is 21.5. The van der Waals surface area contributed by atoms with Gasteiger partial charge in [-0.3, -0.25) is 0 Å². The number of urea groups is 1. The van der Waals surface area contributed by atoms with Crippen LogP contribution in [0.4, 0.5) is 9.59 Å². The number of nitrogens with zero attached hydrogens (tertiary/aromatic N) is 1. The Bertz CT molecular complexity index is 823. The van der Waals surface area contributed by atoms with Crippen molar-refractivity contribution >= 4 is 23.7 Å². The van der Waals surface area contributed by atoms with Crippen molar-refractivity contribution in [2.45, 2.75) is 44.2 Å². The van der Waals surface area contributed by atoms with Crippen molar-refractivity contribution < 1.29 is 23.8 Å². The van der Waals surface area contributed by atoms with Crippen LogP contribution in [-0.2, 0) is 14.2 Å². The molecule has 0 radical (unpaired) electrons. The normalized spacial score (nSPS) is 21.9. The fraction of sp³-hybridized carbons (Fsp3) is 0.692. The number of halogens is 1. The van der Waals surface area contributed by atoms with E-state index in [9.17, 15) is 9.59 Å². The van der Waals surface area contributed by atoms with Gasteiger partial charge in [-0.05, 0) is 62.8 Å². The van der Waals surface area contributed by atoms with Gasteiger partial charge in [0.1, 0.15) is 0 Å². The van der Waals surface area contributed by atoms with Crippen LogP contribution in [0.15, 0.2) is 24.3 Å². The molecule has 2 fully saturated rings. The van der Waals surface area contributed by atoms with Crippen LogP contribution in [0.3, 0.4) is 0 Å². The predicted octanol–water partition coefficient (Wildman–Crippen LogP) is 3.58. The maximum Gasteiger partial charge on any atom is 0.406 e. The van der Waals surface area contributed by atoms with Gasteiger partial charge in [0.2, 0.25) is 0 Å². The molecule has 202 valence electrons. The van der Waals surface area contributed by atoms with E-state index in [2.05, 4.69) is 20.7 Å². The molecule has 3 amide bonds. The van der Waals surface area contributed by atoms with Crippen molar-refractivity contribution in [2.24, 2.45) is 11.8 Å². The lowest BCUT2D eigenvalue weighted by molar-refractivity contribution is -0.00851. The molecule has 2 saturated heterocycles. The van der Waals surface area contributed by atoms with Gasteiger partial charge in [-0.2, -0.15) is 0 Å². The number of carbonyl (C=O) groups excluding carboxylic acids is 2. The van der Waals surface area contributed by atoms with Crippen LogP contribution in [0, 0.1) is 11.8 Å². The zero-order valence-corrected chi connectivity index (χ0v) is 22.2. The first-order valence-electron chi connectivity index (χ1n) is 13.0. The molecule has 0 bridgehead atoms. The van der Waals surface area contributed by atoms with Crippen molar-refractivity contribution in [3.63, 3.8) is 0 Å². The molecule has 4 atom stereocenters. The second-order valence-corrected chi connectivity index (χ2v) is 10.0. The monoisotopic (exact) mass is 524 g/mol. The Hall–Kier alpha value is -2.07. The number of likely N-dealkylation sites (tertiary alicyclic amines) is 1. The minimum absolute atomic E-state index is 0.0444. The van der Waals surface area contributed by atoms with Gasteiger partial charge in [-0.25, -0.2) is 9.59 Å². The first-order valence-corrected chi connectivity index (χ1v) is 13.3. The highest BCUT2D eigenvalue weighted by molar-refractivity contribution is 6.30. The van der Waals surface area contributed by atoms with E-state index >= 15 is 0 Å². The summed E-state index contributed by atoms with van der Waals surface area (Å²) in [4.78, 5) is 26.3. The van der Waals surface area contributed by atoms with E-state index in [0.717, 1.165) is 51.0 Å². The molecular formula is C26H41ClN4O5. The van der Waals surface area contributed by atoms with Crippen LogP contribution in [-0.4, -0.2) is 83.2 Å². The molecule has 2 aliphatic rings. The third kappa shape index (κ3) is 9.10. The van der Waals surface area contributed by atoms with Gasteiger partial charge in [0.15, 0.2) is 0 Å². The van der Waals surface area contributed by atoms with E-state index in [4.69, 9.17) is 21.1 Å². The lowest BCUT2D eigenvalue weighted by atomic mass is 9.88. The lowest BCUT2D eigenvalue weighted by Crippen LogP contribution is -2.50. The Balaban J connectivity index is 1.56. The highest BCUT2D eigenvalue weighted by Gasteiger charge is 2.31. The van der Waals surface area contributed by atoms with E-state index in [-0.39, 0.29) is 24.1 Å². The predicted molar refractivity (Wildman–Crippen MR) is 139 cm³/mol. The molecule has 9 nitrogen and oxygen atoms in total. The summed E-state index contributed by atoms with van der Waals surface area (Å²) < 4.78 is 16.5. The molecule has 0 aromatic heterocycles. The summed E-state index contributed by atoms with van der Waals surface area (Å²) in [6.07, 6.45) is 4.38. The average Bonchev–Trinajstić information content (AvgIpc) is 2.91. The van der Waals surface area contributed by atoms with Crippen molar-refractivity contribution in [1.82, 2.24) is 20.9 Å². The maximum absolute atomic E-state index is 13.1. The van der Waals surface area contributed by atoms with Crippen LogP contribution < -0.4 is 16.0 Å². The summed E-state index contributed by atoms with van der Waals surface area (Å²) in [5, 5.41) is 9.76. The molecule has 2 aliphatic heterocycles.